The molecule has 1 aromatic carbocycles. The van der Waals surface area contributed by atoms with Crippen LogP contribution in [0.15, 0.2) is 12.1 Å². The van der Waals surface area contributed by atoms with E-state index < -0.39 is 0 Å². The molecule has 1 saturated carbocycles. The maximum atomic E-state index is 6.11. The van der Waals surface area contributed by atoms with Crippen molar-refractivity contribution in [3.05, 3.63) is 28.0 Å². The molecule has 1 aliphatic rings. The van der Waals surface area contributed by atoms with Gasteiger partial charge in [0.2, 0.25) is 0 Å². The van der Waals surface area contributed by atoms with Crippen molar-refractivity contribution in [2.45, 2.75) is 31.7 Å². The number of benzene rings is 1. The van der Waals surface area contributed by atoms with Crippen LogP contribution < -0.4 is 0 Å². The van der Waals surface area contributed by atoms with Crippen molar-refractivity contribution in [3.63, 3.8) is 0 Å². The smallest absolute Gasteiger partial charge is 0.111 e. The molecule has 0 radical (unpaired) electrons. The number of rotatable bonds is 3. The molecule has 5 heteroatoms. The third kappa shape index (κ3) is 2.01. The summed E-state index contributed by atoms with van der Waals surface area (Å²) in [7, 11) is 0. The van der Waals surface area contributed by atoms with Gasteiger partial charge < -0.3 is 4.57 Å². The van der Waals surface area contributed by atoms with Crippen LogP contribution in [-0.4, -0.2) is 15.4 Å². The van der Waals surface area contributed by atoms with Crippen LogP contribution in [0.3, 0.4) is 0 Å². The lowest BCUT2D eigenvalue weighted by Crippen LogP contribution is -2.19. The van der Waals surface area contributed by atoms with Gasteiger partial charge in [-0.1, -0.05) is 23.2 Å². The average molecular weight is 304 g/mol. The van der Waals surface area contributed by atoms with Crippen molar-refractivity contribution in [2.75, 3.05) is 5.88 Å². The number of aryl methyl sites for hydroxylation is 1. The summed E-state index contributed by atoms with van der Waals surface area (Å²) in [5.41, 5.74) is 1.99. The molecule has 1 heterocycles. The number of alkyl halides is 1. The molecule has 2 aromatic rings. The first-order valence-corrected chi connectivity index (χ1v) is 7.41. The van der Waals surface area contributed by atoms with Crippen molar-refractivity contribution in [1.82, 2.24) is 9.55 Å². The van der Waals surface area contributed by atoms with E-state index >= 15 is 0 Å². The summed E-state index contributed by atoms with van der Waals surface area (Å²) >= 11 is 18.0. The zero-order chi connectivity index (χ0) is 12.7. The second-order valence-corrected chi connectivity index (χ2v) is 5.87. The highest BCUT2D eigenvalue weighted by Crippen LogP contribution is 2.37. The summed E-state index contributed by atoms with van der Waals surface area (Å²) < 4.78 is 2.30. The second-order valence-electron chi connectivity index (χ2n) is 4.68. The Balaban J connectivity index is 2.20. The molecule has 0 spiro atoms. The summed E-state index contributed by atoms with van der Waals surface area (Å²) in [5, 5.41) is 1.14. The lowest BCUT2D eigenvalue weighted by Gasteiger charge is -2.29. The lowest BCUT2D eigenvalue weighted by molar-refractivity contribution is 0.314. The van der Waals surface area contributed by atoms with E-state index in [0.29, 0.717) is 22.0 Å². The first kappa shape index (κ1) is 12.6. The number of imidazole rings is 1. The zero-order valence-corrected chi connectivity index (χ0v) is 12.1. The Morgan fingerprint density at radius 2 is 1.94 bits per heavy atom. The molecule has 1 fully saturated rings. The molecule has 0 atom stereocenters. The molecule has 1 aromatic heterocycles. The fourth-order valence-electron chi connectivity index (χ4n) is 2.45. The number of fused-ring (bicyclic) bond motifs is 1. The average Bonchev–Trinajstić information content (AvgIpc) is 2.57. The fourth-order valence-corrected chi connectivity index (χ4v) is 2.94. The van der Waals surface area contributed by atoms with Crippen LogP contribution in [0.2, 0.25) is 10.0 Å². The van der Waals surface area contributed by atoms with Gasteiger partial charge in [0.1, 0.15) is 5.82 Å². The van der Waals surface area contributed by atoms with E-state index in [-0.39, 0.29) is 0 Å². The van der Waals surface area contributed by atoms with E-state index in [4.69, 9.17) is 34.8 Å². The topological polar surface area (TPSA) is 17.8 Å². The van der Waals surface area contributed by atoms with E-state index in [1.165, 1.54) is 19.3 Å². The van der Waals surface area contributed by atoms with Crippen LogP contribution in [0, 0.1) is 0 Å². The van der Waals surface area contributed by atoms with Crippen LogP contribution in [0.5, 0.6) is 0 Å². The van der Waals surface area contributed by atoms with E-state index in [1.807, 2.05) is 12.1 Å². The van der Waals surface area contributed by atoms with Crippen LogP contribution in [0.4, 0.5) is 0 Å². The third-order valence-electron chi connectivity index (χ3n) is 3.56. The Labute approximate surface area is 121 Å². The molecule has 18 heavy (non-hydrogen) atoms. The van der Waals surface area contributed by atoms with Crippen molar-refractivity contribution >= 4 is 45.8 Å². The Kier molecular flexibility index (Phi) is 3.44. The van der Waals surface area contributed by atoms with E-state index in [0.717, 1.165) is 23.3 Å². The van der Waals surface area contributed by atoms with Crippen LogP contribution >= 0.6 is 34.8 Å². The summed E-state index contributed by atoms with van der Waals surface area (Å²) in [6.07, 6.45) is 4.48. The molecular formula is C13H13Cl3N2. The number of aromatic nitrogens is 2. The standard InChI is InChI=1S/C13H13Cl3N2/c14-5-4-13-17-11-6-9(15)10(16)7-12(11)18(13)8-2-1-3-8/h6-8H,1-5H2. The molecule has 0 bridgehead atoms. The summed E-state index contributed by atoms with van der Waals surface area (Å²) in [4.78, 5) is 4.64. The number of nitrogens with zero attached hydrogens (tertiary/aromatic N) is 2. The van der Waals surface area contributed by atoms with E-state index in [1.54, 1.807) is 0 Å². The molecule has 3 rings (SSSR count). The first-order chi connectivity index (χ1) is 8.70. The molecule has 0 unspecified atom stereocenters. The van der Waals surface area contributed by atoms with Crippen LogP contribution in [-0.2, 0) is 6.42 Å². The highest BCUT2D eigenvalue weighted by atomic mass is 35.5. The maximum Gasteiger partial charge on any atom is 0.111 e. The lowest BCUT2D eigenvalue weighted by atomic mass is 9.92. The Hall–Kier alpha value is -0.440. The van der Waals surface area contributed by atoms with Crippen molar-refractivity contribution in [3.8, 4) is 0 Å². The van der Waals surface area contributed by atoms with Crippen LogP contribution in [0.1, 0.15) is 31.1 Å². The maximum absolute atomic E-state index is 6.11. The fraction of sp³-hybridized carbons (Fsp3) is 0.462. The predicted molar refractivity (Wildman–Crippen MR) is 77.1 cm³/mol. The molecule has 1 aliphatic carbocycles. The largest absolute Gasteiger partial charge is 0.325 e. The molecule has 0 amide bonds. The van der Waals surface area contributed by atoms with Crippen molar-refractivity contribution in [2.24, 2.45) is 0 Å². The third-order valence-corrected chi connectivity index (χ3v) is 4.47. The number of halogens is 3. The minimum absolute atomic E-state index is 0.547. The molecule has 0 saturated heterocycles. The van der Waals surface area contributed by atoms with Gasteiger partial charge in [-0.2, -0.15) is 0 Å². The van der Waals surface area contributed by atoms with Gasteiger partial charge in [0.05, 0.1) is 21.1 Å². The minimum Gasteiger partial charge on any atom is -0.325 e. The van der Waals surface area contributed by atoms with Gasteiger partial charge in [-0.05, 0) is 31.4 Å². The highest BCUT2D eigenvalue weighted by Gasteiger charge is 2.24. The van der Waals surface area contributed by atoms with E-state index in [2.05, 4.69) is 9.55 Å². The van der Waals surface area contributed by atoms with Crippen molar-refractivity contribution < 1.29 is 0 Å². The quantitative estimate of drug-likeness (QED) is 0.741. The molecule has 0 aliphatic heterocycles. The Morgan fingerprint density at radius 3 is 2.56 bits per heavy atom. The molecular weight excluding hydrogens is 291 g/mol. The molecule has 0 N–H and O–H groups in total. The monoisotopic (exact) mass is 302 g/mol. The van der Waals surface area contributed by atoms with Crippen LogP contribution in [0.25, 0.3) is 11.0 Å². The highest BCUT2D eigenvalue weighted by molar-refractivity contribution is 6.42. The first-order valence-electron chi connectivity index (χ1n) is 6.12. The normalized spacial score (nSPS) is 16.2. The summed E-state index contributed by atoms with van der Waals surface area (Å²) in [5.74, 6) is 1.63. The summed E-state index contributed by atoms with van der Waals surface area (Å²) in [6.45, 7) is 0. The van der Waals surface area contributed by atoms with Gasteiger partial charge in [0, 0.05) is 18.3 Å². The Bertz CT molecular complexity index is 587. The number of hydrogen-bond donors (Lipinski definition) is 0. The zero-order valence-electron chi connectivity index (χ0n) is 9.80. The van der Waals surface area contributed by atoms with Gasteiger partial charge in [-0.25, -0.2) is 4.98 Å². The van der Waals surface area contributed by atoms with Gasteiger partial charge >= 0.3 is 0 Å². The van der Waals surface area contributed by atoms with Crippen molar-refractivity contribution in [1.29, 1.82) is 0 Å². The van der Waals surface area contributed by atoms with Gasteiger partial charge in [0.25, 0.3) is 0 Å². The van der Waals surface area contributed by atoms with Gasteiger partial charge in [-0.3, -0.25) is 0 Å². The number of hydrogen-bond acceptors (Lipinski definition) is 1. The van der Waals surface area contributed by atoms with Gasteiger partial charge in [-0.15, -0.1) is 11.6 Å². The predicted octanol–water partition coefficient (Wildman–Crippen LogP) is 4.85. The SMILES string of the molecule is ClCCc1nc2cc(Cl)c(Cl)cc2n1C1CCC1. The minimum atomic E-state index is 0.547. The summed E-state index contributed by atoms with van der Waals surface area (Å²) in [6, 6.07) is 4.31. The van der Waals surface area contributed by atoms with Gasteiger partial charge in [0.15, 0.2) is 0 Å². The molecule has 2 nitrogen and oxygen atoms in total. The van der Waals surface area contributed by atoms with E-state index in [9.17, 15) is 0 Å². The molecule has 96 valence electrons. The Morgan fingerprint density at radius 1 is 1.22 bits per heavy atom. The second kappa shape index (κ2) is 4.92.